The molecule has 0 spiro atoms. The number of hydrogen-bond donors (Lipinski definition) is 2. The van der Waals surface area contributed by atoms with Crippen molar-refractivity contribution in [2.45, 2.75) is 50.0 Å². The average Bonchev–Trinajstić information content (AvgIpc) is 3.21. The number of piperidine rings is 1. The summed E-state index contributed by atoms with van der Waals surface area (Å²) < 4.78 is 38.6. The van der Waals surface area contributed by atoms with Crippen LogP contribution in [0.25, 0.3) is 10.6 Å². The number of nitrogens with one attached hydrogen (secondary N) is 2. The van der Waals surface area contributed by atoms with E-state index in [9.17, 15) is 18.0 Å². The fourth-order valence-electron chi connectivity index (χ4n) is 3.77. The Labute approximate surface area is 152 Å². The second-order valence-electron chi connectivity index (χ2n) is 6.90. The summed E-state index contributed by atoms with van der Waals surface area (Å²) in [6.07, 6.45) is -0.289. The minimum atomic E-state index is -4.40. The molecule has 3 heterocycles. The Morgan fingerprint density at radius 1 is 1.23 bits per heavy atom. The third kappa shape index (κ3) is 3.61. The Hall–Kier alpha value is -1.93. The number of rotatable bonds is 3. The van der Waals surface area contributed by atoms with Gasteiger partial charge in [0.1, 0.15) is 10.7 Å². The third-order valence-electron chi connectivity index (χ3n) is 4.98. The van der Waals surface area contributed by atoms with E-state index in [1.807, 2.05) is 0 Å². The van der Waals surface area contributed by atoms with Crippen molar-refractivity contribution >= 4 is 17.2 Å². The van der Waals surface area contributed by atoms with Gasteiger partial charge in [-0.1, -0.05) is 12.1 Å². The Kier molecular flexibility index (Phi) is 4.48. The van der Waals surface area contributed by atoms with E-state index >= 15 is 0 Å². The predicted molar refractivity (Wildman–Crippen MR) is 93.0 cm³/mol. The van der Waals surface area contributed by atoms with E-state index in [0.717, 1.165) is 37.8 Å². The lowest BCUT2D eigenvalue weighted by atomic mass is 10.00. The van der Waals surface area contributed by atoms with Crippen molar-refractivity contribution in [2.75, 3.05) is 0 Å². The molecule has 8 heteroatoms. The zero-order valence-electron chi connectivity index (χ0n) is 13.8. The van der Waals surface area contributed by atoms with Crippen LogP contribution >= 0.6 is 11.3 Å². The maximum absolute atomic E-state index is 12.9. The van der Waals surface area contributed by atoms with Gasteiger partial charge < -0.3 is 10.6 Å². The zero-order chi connectivity index (χ0) is 18.3. The number of nitrogens with zero attached hydrogens (tertiary/aromatic N) is 1. The molecule has 2 fully saturated rings. The summed E-state index contributed by atoms with van der Waals surface area (Å²) in [6, 6.07) is 6.07. The number of thiazole rings is 1. The Bertz CT molecular complexity index is 808. The van der Waals surface area contributed by atoms with Crippen molar-refractivity contribution in [1.82, 2.24) is 15.6 Å². The number of aromatic nitrogens is 1. The summed E-state index contributed by atoms with van der Waals surface area (Å²) in [5, 5.41) is 8.55. The predicted octanol–water partition coefficient (Wildman–Crippen LogP) is 3.84. The van der Waals surface area contributed by atoms with Crippen LogP contribution in [-0.2, 0) is 6.18 Å². The molecule has 0 saturated carbocycles. The number of alkyl halides is 3. The Morgan fingerprint density at radius 2 is 1.96 bits per heavy atom. The van der Waals surface area contributed by atoms with E-state index in [2.05, 4.69) is 15.6 Å². The summed E-state index contributed by atoms with van der Waals surface area (Å²) in [5.74, 6) is -0.259. The van der Waals surface area contributed by atoms with Gasteiger partial charge in [-0.25, -0.2) is 4.98 Å². The fourth-order valence-corrected chi connectivity index (χ4v) is 4.57. The lowest BCUT2D eigenvalue weighted by Crippen LogP contribution is -2.48. The summed E-state index contributed by atoms with van der Waals surface area (Å²) in [7, 11) is 0. The van der Waals surface area contributed by atoms with Gasteiger partial charge in [0.15, 0.2) is 0 Å². The largest absolute Gasteiger partial charge is 0.416 e. The molecule has 1 aromatic heterocycles. The molecule has 2 aliphatic heterocycles. The van der Waals surface area contributed by atoms with Crippen molar-refractivity contribution in [1.29, 1.82) is 0 Å². The van der Waals surface area contributed by atoms with Crippen molar-refractivity contribution in [3.63, 3.8) is 0 Å². The van der Waals surface area contributed by atoms with Gasteiger partial charge in [-0.05, 0) is 37.8 Å². The molecule has 2 saturated heterocycles. The standard InChI is InChI=1S/C18H18F3N3OS/c19-18(20,21)11-3-1-2-10(6-11)17-24-15(9-26-17)16(25)23-14-7-12-4-5-13(8-14)22-12/h1-3,6,9,12-14,22H,4-5,7-8H2,(H,23,25). The van der Waals surface area contributed by atoms with E-state index in [1.165, 1.54) is 17.4 Å². The molecule has 2 unspecified atom stereocenters. The molecule has 0 aliphatic carbocycles. The Balaban J connectivity index is 1.47. The minimum absolute atomic E-state index is 0.125. The normalized spacial score (nSPS) is 25.3. The van der Waals surface area contributed by atoms with E-state index in [-0.39, 0.29) is 17.6 Å². The van der Waals surface area contributed by atoms with E-state index in [0.29, 0.717) is 22.7 Å². The van der Waals surface area contributed by atoms with Crippen LogP contribution in [-0.4, -0.2) is 29.0 Å². The molecule has 0 radical (unpaired) electrons. The maximum atomic E-state index is 12.9. The highest BCUT2D eigenvalue weighted by Gasteiger charge is 2.34. The Morgan fingerprint density at radius 3 is 2.65 bits per heavy atom. The molecular weight excluding hydrogens is 363 g/mol. The number of benzene rings is 1. The molecule has 2 N–H and O–H groups in total. The quantitative estimate of drug-likeness (QED) is 0.849. The van der Waals surface area contributed by atoms with Gasteiger partial charge in [0, 0.05) is 29.1 Å². The van der Waals surface area contributed by atoms with Gasteiger partial charge in [0.05, 0.1) is 5.56 Å². The van der Waals surface area contributed by atoms with Gasteiger partial charge in [-0.15, -0.1) is 11.3 Å². The van der Waals surface area contributed by atoms with E-state index in [4.69, 9.17) is 0 Å². The number of carbonyl (C=O) groups is 1. The van der Waals surface area contributed by atoms with Crippen LogP contribution in [0.3, 0.4) is 0 Å². The molecular formula is C18H18F3N3OS. The van der Waals surface area contributed by atoms with Gasteiger partial charge in [0.25, 0.3) is 5.91 Å². The van der Waals surface area contributed by atoms with Crippen LogP contribution in [0.5, 0.6) is 0 Å². The van der Waals surface area contributed by atoms with Gasteiger partial charge in [0.2, 0.25) is 0 Å². The maximum Gasteiger partial charge on any atom is 0.416 e. The molecule has 26 heavy (non-hydrogen) atoms. The third-order valence-corrected chi connectivity index (χ3v) is 5.87. The summed E-state index contributed by atoms with van der Waals surface area (Å²) in [6.45, 7) is 0. The van der Waals surface area contributed by atoms with Crippen LogP contribution in [0.2, 0.25) is 0 Å². The first-order valence-corrected chi connectivity index (χ1v) is 9.46. The smallest absolute Gasteiger partial charge is 0.348 e. The molecule has 1 amide bonds. The van der Waals surface area contributed by atoms with Crippen LogP contribution in [0.15, 0.2) is 29.6 Å². The lowest BCUT2D eigenvalue weighted by Gasteiger charge is -2.29. The first-order valence-electron chi connectivity index (χ1n) is 8.58. The highest BCUT2D eigenvalue weighted by molar-refractivity contribution is 7.13. The minimum Gasteiger partial charge on any atom is -0.348 e. The second kappa shape index (κ2) is 6.66. The monoisotopic (exact) mass is 381 g/mol. The van der Waals surface area contributed by atoms with Crippen molar-refractivity contribution < 1.29 is 18.0 Å². The van der Waals surface area contributed by atoms with Gasteiger partial charge in [-0.3, -0.25) is 4.79 Å². The summed E-state index contributed by atoms with van der Waals surface area (Å²) in [5.41, 5.74) is -0.0986. The first-order chi connectivity index (χ1) is 12.4. The number of fused-ring (bicyclic) bond motifs is 2. The second-order valence-corrected chi connectivity index (χ2v) is 7.75. The fraction of sp³-hybridized carbons (Fsp3) is 0.444. The molecule has 138 valence electrons. The van der Waals surface area contributed by atoms with Gasteiger partial charge in [-0.2, -0.15) is 13.2 Å². The molecule has 2 bridgehead atoms. The van der Waals surface area contributed by atoms with Crippen molar-refractivity contribution in [3.8, 4) is 10.6 Å². The highest BCUT2D eigenvalue weighted by atomic mass is 32.1. The van der Waals surface area contributed by atoms with Gasteiger partial charge >= 0.3 is 6.18 Å². The molecule has 2 aromatic rings. The first kappa shape index (κ1) is 17.5. The molecule has 2 atom stereocenters. The number of amides is 1. The number of hydrogen-bond acceptors (Lipinski definition) is 4. The number of halogens is 3. The van der Waals surface area contributed by atoms with Crippen molar-refractivity contribution in [2.24, 2.45) is 0 Å². The summed E-state index contributed by atoms with van der Waals surface area (Å²) in [4.78, 5) is 16.7. The van der Waals surface area contributed by atoms with Crippen LogP contribution in [0.1, 0.15) is 41.7 Å². The highest BCUT2D eigenvalue weighted by Crippen LogP contribution is 2.33. The molecule has 1 aromatic carbocycles. The van der Waals surface area contributed by atoms with Crippen LogP contribution in [0, 0.1) is 0 Å². The van der Waals surface area contributed by atoms with E-state index < -0.39 is 11.7 Å². The average molecular weight is 381 g/mol. The molecule has 2 aliphatic rings. The molecule has 4 rings (SSSR count). The molecule has 4 nitrogen and oxygen atoms in total. The van der Waals surface area contributed by atoms with Crippen molar-refractivity contribution in [3.05, 3.63) is 40.9 Å². The van der Waals surface area contributed by atoms with Crippen LogP contribution in [0.4, 0.5) is 13.2 Å². The summed E-state index contributed by atoms with van der Waals surface area (Å²) >= 11 is 1.17. The number of carbonyl (C=O) groups excluding carboxylic acids is 1. The lowest BCUT2D eigenvalue weighted by molar-refractivity contribution is -0.137. The topological polar surface area (TPSA) is 54.0 Å². The van der Waals surface area contributed by atoms with Crippen LogP contribution < -0.4 is 10.6 Å². The van der Waals surface area contributed by atoms with E-state index in [1.54, 1.807) is 11.4 Å². The SMILES string of the molecule is O=C(NC1CC2CCC(C1)N2)c1csc(-c2cccc(C(F)(F)F)c2)n1. The zero-order valence-corrected chi connectivity index (χ0v) is 14.7.